The Morgan fingerprint density at radius 3 is 2.67 bits per heavy atom. The number of aliphatic hydroxyl groups is 2. The predicted molar refractivity (Wildman–Crippen MR) is 113 cm³/mol. The van der Waals surface area contributed by atoms with E-state index in [1.165, 1.54) is 18.4 Å². The minimum absolute atomic E-state index is 0.0331. The molecule has 2 heterocycles. The molecule has 2 bridgehead atoms. The first-order valence-corrected chi connectivity index (χ1v) is 11.8. The van der Waals surface area contributed by atoms with Gasteiger partial charge in [-0.05, 0) is 74.2 Å². The van der Waals surface area contributed by atoms with E-state index in [0.29, 0.717) is 26.1 Å². The van der Waals surface area contributed by atoms with E-state index < -0.39 is 17.1 Å². The van der Waals surface area contributed by atoms with Crippen molar-refractivity contribution in [2.24, 2.45) is 5.92 Å². The molecule has 3 N–H and O–H groups in total. The molecule has 6 heteroatoms. The van der Waals surface area contributed by atoms with E-state index in [2.05, 4.69) is 9.80 Å². The van der Waals surface area contributed by atoms with Crippen LogP contribution < -0.4 is 0 Å². The normalized spacial score (nSPS) is 41.9. The number of ether oxygens (including phenoxy) is 1. The lowest BCUT2D eigenvalue weighted by molar-refractivity contribution is -0.204. The molecule has 6 rings (SSSR count). The highest BCUT2D eigenvalue weighted by Gasteiger charge is 2.66. The SMILES string of the molecule is Oc1ccc2c(c1)[C@]13CCN(CC4CC4)[C@H](C2)[C@]1(O)C[C@@H](N1CCOCC1)[C@@H](O)C3. The fourth-order valence-corrected chi connectivity index (χ4v) is 7.19. The third kappa shape index (κ3) is 2.81. The summed E-state index contributed by atoms with van der Waals surface area (Å²) in [4.78, 5) is 4.89. The summed E-state index contributed by atoms with van der Waals surface area (Å²) < 4.78 is 5.54. The summed E-state index contributed by atoms with van der Waals surface area (Å²) in [5.41, 5.74) is 0.946. The summed E-state index contributed by atoms with van der Waals surface area (Å²) >= 11 is 0. The largest absolute Gasteiger partial charge is 0.508 e. The van der Waals surface area contributed by atoms with Gasteiger partial charge in [-0.3, -0.25) is 9.80 Å². The maximum atomic E-state index is 12.5. The number of rotatable bonds is 3. The summed E-state index contributed by atoms with van der Waals surface area (Å²) in [7, 11) is 0. The Hall–Kier alpha value is -1.18. The second kappa shape index (κ2) is 6.91. The van der Waals surface area contributed by atoms with Crippen LogP contribution >= 0.6 is 0 Å². The summed E-state index contributed by atoms with van der Waals surface area (Å²) in [5, 5.41) is 34.1. The smallest absolute Gasteiger partial charge is 0.115 e. The molecule has 0 radical (unpaired) electrons. The molecular weight excluding hydrogens is 380 g/mol. The number of benzene rings is 1. The number of aliphatic hydroxyl groups excluding tert-OH is 1. The zero-order valence-corrected chi connectivity index (χ0v) is 17.7. The van der Waals surface area contributed by atoms with E-state index in [9.17, 15) is 15.3 Å². The lowest BCUT2D eigenvalue weighted by Gasteiger charge is -2.66. The van der Waals surface area contributed by atoms with Crippen LogP contribution in [0.5, 0.6) is 5.75 Å². The minimum Gasteiger partial charge on any atom is -0.508 e. The molecule has 0 spiro atoms. The molecule has 1 aromatic carbocycles. The highest BCUT2D eigenvalue weighted by Crippen LogP contribution is 2.59. The number of aromatic hydroxyl groups is 1. The zero-order chi connectivity index (χ0) is 20.5. The van der Waals surface area contributed by atoms with Gasteiger partial charge in [0.05, 0.1) is 24.9 Å². The quantitative estimate of drug-likeness (QED) is 0.691. The van der Waals surface area contributed by atoms with E-state index >= 15 is 0 Å². The standard InChI is InChI=1S/C24H34N2O4/c27-18-4-3-17-11-22-24(29)13-20(25-7-9-30-10-8-25)21(28)14-23(24,19(17)12-18)5-6-26(22)15-16-1-2-16/h3-4,12,16,20-22,27-29H,1-2,5-11,13-15H2/t20-,21+,22-,23-,24-/m1/s1. The van der Waals surface area contributed by atoms with Crippen molar-refractivity contribution in [2.75, 3.05) is 39.4 Å². The van der Waals surface area contributed by atoms with E-state index in [4.69, 9.17) is 4.74 Å². The Labute approximate surface area is 178 Å². The van der Waals surface area contributed by atoms with Crippen molar-refractivity contribution in [2.45, 2.75) is 67.7 Å². The summed E-state index contributed by atoms with van der Waals surface area (Å²) in [6, 6.07) is 5.74. The average molecular weight is 415 g/mol. The minimum atomic E-state index is -0.886. The first kappa shape index (κ1) is 19.5. The Bertz CT molecular complexity index is 823. The van der Waals surface area contributed by atoms with Gasteiger partial charge in [0.25, 0.3) is 0 Å². The highest BCUT2D eigenvalue weighted by molar-refractivity contribution is 5.48. The molecule has 5 atom stereocenters. The van der Waals surface area contributed by atoms with Gasteiger partial charge >= 0.3 is 0 Å². The van der Waals surface area contributed by atoms with Crippen molar-refractivity contribution in [3.05, 3.63) is 29.3 Å². The molecule has 2 saturated carbocycles. The number of fused-ring (bicyclic) bond motifs is 1. The molecule has 164 valence electrons. The van der Waals surface area contributed by atoms with Gasteiger partial charge in [-0.1, -0.05) is 6.07 Å². The number of phenols is 1. The predicted octanol–water partition coefficient (Wildman–Crippen LogP) is 1.26. The van der Waals surface area contributed by atoms with Gasteiger partial charge < -0.3 is 20.1 Å². The summed E-state index contributed by atoms with van der Waals surface area (Å²) in [6.07, 6.45) is 4.97. The maximum absolute atomic E-state index is 12.5. The molecule has 30 heavy (non-hydrogen) atoms. The number of hydrogen-bond acceptors (Lipinski definition) is 6. The van der Waals surface area contributed by atoms with Gasteiger partial charge in [-0.2, -0.15) is 0 Å². The van der Waals surface area contributed by atoms with Crippen LogP contribution in [0.3, 0.4) is 0 Å². The van der Waals surface area contributed by atoms with E-state index in [1.54, 1.807) is 6.07 Å². The van der Waals surface area contributed by atoms with E-state index in [0.717, 1.165) is 50.5 Å². The second-order valence-electron chi connectivity index (χ2n) is 10.4. The van der Waals surface area contributed by atoms with Gasteiger partial charge in [-0.25, -0.2) is 0 Å². The van der Waals surface area contributed by atoms with Crippen LogP contribution in [-0.4, -0.2) is 88.3 Å². The van der Waals surface area contributed by atoms with Crippen LogP contribution in [0.25, 0.3) is 0 Å². The lowest BCUT2D eigenvalue weighted by atomic mass is 9.48. The van der Waals surface area contributed by atoms with Gasteiger partial charge in [0.1, 0.15) is 5.75 Å². The van der Waals surface area contributed by atoms with Crippen LogP contribution in [0.4, 0.5) is 0 Å². The van der Waals surface area contributed by atoms with Crippen LogP contribution in [0.15, 0.2) is 18.2 Å². The number of piperidine rings is 1. The molecule has 1 aromatic rings. The third-order valence-electron chi connectivity index (χ3n) is 8.90. The Balaban J connectivity index is 1.42. The molecule has 6 nitrogen and oxygen atoms in total. The molecule has 0 amide bonds. The van der Waals surface area contributed by atoms with Gasteiger partial charge in [-0.15, -0.1) is 0 Å². The summed E-state index contributed by atoms with van der Waals surface area (Å²) in [6.45, 7) is 5.08. The fraction of sp³-hybridized carbons (Fsp3) is 0.750. The number of hydrogen-bond donors (Lipinski definition) is 3. The van der Waals surface area contributed by atoms with Gasteiger partial charge in [0.15, 0.2) is 0 Å². The van der Waals surface area contributed by atoms with Crippen molar-refractivity contribution in [1.29, 1.82) is 0 Å². The molecule has 2 aliphatic heterocycles. The number of likely N-dealkylation sites (tertiary alicyclic amines) is 1. The number of morpholine rings is 1. The van der Waals surface area contributed by atoms with Crippen LogP contribution in [-0.2, 0) is 16.6 Å². The van der Waals surface area contributed by atoms with E-state index in [1.807, 2.05) is 12.1 Å². The van der Waals surface area contributed by atoms with Crippen molar-refractivity contribution < 1.29 is 20.1 Å². The highest BCUT2D eigenvalue weighted by atomic mass is 16.5. The van der Waals surface area contributed by atoms with Crippen molar-refractivity contribution in [3.63, 3.8) is 0 Å². The molecule has 0 aromatic heterocycles. The second-order valence-corrected chi connectivity index (χ2v) is 10.4. The van der Waals surface area contributed by atoms with Crippen molar-refractivity contribution in [3.8, 4) is 5.75 Å². The first-order valence-electron chi connectivity index (χ1n) is 11.8. The molecule has 4 fully saturated rings. The lowest BCUT2D eigenvalue weighted by Crippen LogP contribution is -2.76. The van der Waals surface area contributed by atoms with Crippen molar-refractivity contribution in [1.82, 2.24) is 9.80 Å². The van der Waals surface area contributed by atoms with Crippen molar-refractivity contribution >= 4 is 0 Å². The molecule has 5 aliphatic rings. The van der Waals surface area contributed by atoms with Crippen LogP contribution in [0.2, 0.25) is 0 Å². The topological polar surface area (TPSA) is 76.4 Å². The molecule has 3 aliphatic carbocycles. The molecular formula is C24H34N2O4. The zero-order valence-electron chi connectivity index (χ0n) is 17.7. The monoisotopic (exact) mass is 414 g/mol. The fourth-order valence-electron chi connectivity index (χ4n) is 7.19. The number of phenolic OH excluding ortho intramolecular Hbond substituents is 1. The van der Waals surface area contributed by atoms with Crippen LogP contribution in [0, 0.1) is 5.92 Å². The first-order chi connectivity index (χ1) is 14.5. The number of nitrogens with zero attached hydrogens (tertiary/aromatic N) is 2. The Morgan fingerprint density at radius 1 is 1.10 bits per heavy atom. The van der Waals surface area contributed by atoms with Crippen LogP contribution in [0.1, 0.15) is 43.2 Å². The van der Waals surface area contributed by atoms with E-state index in [-0.39, 0.29) is 17.8 Å². The van der Waals surface area contributed by atoms with Gasteiger partial charge in [0.2, 0.25) is 0 Å². The Morgan fingerprint density at radius 2 is 1.90 bits per heavy atom. The average Bonchev–Trinajstić information content (AvgIpc) is 3.55. The summed E-state index contributed by atoms with van der Waals surface area (Å²) in [5.74, 6) is 1.04. The maximum Gasteiger partial charge on any atom is 0.115 e. The third-order valence-corrected chi connectivity index (χ3v) is 8.90. The Kier molecular flexibility index (Phi) is 4.49. The van der Waals surface area contributed by atoms with Gasteiger partial charge in [0, 0.05) is 37.1 Å². The molecule has 0 unspecified atom stereocenters. The molecule has 2 saturated heterocycles.